The van der Waals surface area contributed by atoms with E-state index in [0.717, 1.165) is 0 Å². The van der Waals surface area contributed by atoms with Gasteiger partial charge in [-0.2, -0.15) is 11.3 Å². The zero-order chi connectivity index (χ0) is 9.84. The van der Waals surface area contributed by atoms with Crippen LogP contribution in [0, 0.1) is 0 Å². The van der Waals surface area contributed by atoms with Gasteiger partial charge in [0, 0.05) is 10.9 Å². The van der Waals surface area contributed by atoms with Crippen molar-refractivity contribution >= 4 is 22.9 Å². The van der Waals surface area contributed by atoms with E-state index < -0.39 is 24.4 Å². The van der Waals surface area contributed by atoms with Gasteiger partial charge in [-0.1, -0.05) is 0 Å². The largest absolute Gasteiger partial charge is 0.296 e. The lowest BCUT2D eigenvalue weighted by atomic mass is 10.1. The third kappa shape index (κ3) is 2.69. The fourth-order valence-electron chi connectivity index (χ4n) is 0.761. The number of alkyl halides is 2. The lowest BCUT2D eigenvalue weighted by Crippen LogP contribution is -2.14. The Balaban J connectivity index is 2.57. The van der Waals surface area contributed by atoms with Crippen LogP contribution in [0.25, 0.3) is 0 Å². The number of carbonyl (C=O) groups is 2. The highest BCUT2D eigenvalue weighted by atomic mass is 32.1. The molecule has 0 unspecified atom stereocenters. The molecule has 0 atom stereocenters. The third-order valence-electron chi connectivity index (χ3n) is 1.42. The first kappa shape index (κ1) is 9.98. The van der Waals surface area contributed by atoms with Crippen LogP contribution in [0.4, 0.5) is 8.78 Å². The van der Waals surface area contributed by atoms with Gasteiger partial charge in [0.25, 0.3) is 6.43 Å². The molecular formula is C8H6F2O2S. The fraction of sp³-hybridized carbons (Fsp3) is 0.250. The summed E-state index contributed by atoms with van der Waals surface area (Å²) in [4.78, 5) is 21.6. The molecule has 0 bridgehead atoms. The maximum atomic E-state index is 11.7. The van der Waals surface area contributed by atoms with E-state index in [4.69, 9.17) is 0 Å². The van der Waals surface area contributed by atoms with Crippen molar-refractivity contribution in [1.29, 1.82) is 0 Å². The zero-order valence-corrected chi connectivity index (χ0v) is 7.31. The minimum Gasteiger partial charge on any atom is -0.294 e. The van der Waals surface area contributed by atoms with Gasteiger partial charge >= 0.3 is 0 Å². The second-order valence-corrected chi connectivity index (χ2v) is 3.16. The molecular weight excluding hydrogens is 198 g/mol. The van der Waals surface area contributed by atoms with Crippen molar-refractivity contribution in [3.05, 3.63) is 22.4 Å². The van der Waals surface area contributed by atoms with Crippen molar-refractivity contribution in [3.63, 3.8) is 0 Å². The van der Waals surface area contributed by atoms with Gasteiger partial charge in [-0.15, -0.1) is 0 Å². The molecule has 5 heteroatoms. The van der Waals surface area contributed by atoms with E-state index in [9.17, 15) is 18.4 Å². The van der Waals surface area contributed by atoms with Crippen molar-refractivity contribution in [2.24, 2.45) is 0 Å². The number of carbonyl (C=O) groups excluding carboxylic acids is 2. The Kier molecular flexibility index (Phi) is 3.25. The van der Waals surface area contributed by atoms with Crippen LogP contribution in [-0.2, 0) is 4.79 Å². The van der Waals surface area contributed by atoms with E-state index in [1.165, 1.54) is 22.8 Å². The Morgan fingerprint density at radius 3 is 2.62 bits per heavy atom. The highest BCUT2D eigenvalue weighted by Crippen LogP contribution is 2.10. The number of rotatable bonds is 4. The number of hydrogen-bond acceptors (Lipinski definition) is 3. The third-order valence-corrected chi connectivity index (χ3v) is 2.10. The van der Waals surface area contributed by atoms with Gasteiger partial charge in [0.05, 0.1) is 6.42 Å². The summed E-state index contributed by atoms with van der Waals surface area (Å²) < 4.78 is 23.5. The van der Waals surface area contributed by atoms with E-state index in [0.29, 0.717) is 5.56 Å². The molecule has 0 aliphatic heterocycles. The summed E-state index contributed by atoms with van der Waals surface area (Å²) in [5, 5.41) is 3.18. The highest BCUT2D eigenvalue weighted by Gasteiger charge is 2.19. The minimum atomic E-state index is -3.05. The Labute approximate surface area is 77.2 Å². The average molecular weight is 204 g/mol. The van der Waals surface area contributed by atoms with E-state index in [-0.39, 0.29) is 0 Å². The summed E-state index contributed by atoms with van der Waals surface area (Å²) in [7, 11) is 0. The maximum absolute atomic E-state index is 11.7. The SMILES string of the molecule is O=C(CC(=O)C(F)F)c1ccsc1. The van der Waals surface area contributed by atoms with Crippen LogP contribution in [0.2, 0.25) is 0 Å². The molecule has 1 aromatic rings. The van der Waals surface area contributed by atoms with E-state index in [1.807, 2.05) is 0 Å². The molecule has 0 N–H and O–H groups in total. The molecule has 0 aliphatic carbocycles. The topological polar surface area (TPSA) is 34.1 Å². The van der Waals surface area contributed by atoms with Crippen molar-refractivity contribution in [2.75, 3.05) is 0 Å². The van der Waals surface area contributed by atoms with Gasteiger partial charge in [-0.25, -0.2) is 8.78 Å². The van der Waals surface area contributed by atoms with Crippen LogP contribution in [0.1, 0.15) is 16.8 Å². The molecule has 0 spiro atoms. The van der Waals surface area contributed by atoms with Crippen molar-refractivity contribution in [2.45, 2.75) is 12.8 Å². The molecule has 0 saturated carbocycles. The van der Waals surface area contributed by atoms with E-state index >= 15 is 0 Å². The summed E-state index contributed by atoms with van der Waals surface area (Å²) in [6.07, 6.45) is -3.77. The Hall–Kier alpha value is -1.10. The molecule has 0 aromatic carbocycles. The molecule has 0 saturated heterocycles. The summed E-state index contributed by atoms with van der Waals surface area (Å²) in [5.74, 6) is -1.87. The fourth-order valence-corrected chi connectivity index (χ4v) is 1.42. The molecule has 0 aliphatic rings. The van der Waals surface area contributed by atoms with Crippen LogP contribution in [-0.4, -0.2) is 18.0 Å². The number of Topliss-reactive ketones (excluding diaryl/α,β-unsaturated/α-hetero) is 2. The summed E-state index contributed by atoms with van der Waals surface area (Å²) >= 11 is 1.28. The first-order valence-corrected chi connectivity index (χ1v) is 4.42. The second-order valence-electron chi connectivity index (χ2n) is 2.38. The van der Waals surface area contributed by atoms with Gasteiger partial charge in [0.2, 0.25) is 5.78 Å². The van der Waals surface area contributed by atoms with Gasteiger partial charge in [-0.3, -0.25) is 9.59 Å². The lowest BCUT2D eigenvalue weighted by Gasteiger charge is -1.96. The van der Waals surface area contributed by atoms with Crippen LogP contribution >= 0.6 is 11.3 Å². The van der Waals surface area contributed by atoms with Crippen molar-refractivity contribution in [1.82, 2.24) is 0 Å². The molecule has 70 valence electrons. The smallest absolute Gasteiger partial charge is 0.294 e. The van der Waals surface area contributed by atoms with Gasteiger partial charge in [0.15, 0.2) is 5.78 Å². The van der Waals surface area contributed by atoms with Crippen LogP contribution in [0.5, 0.6) is 0 Å². The minimum absolute atomic E-state index is 0.319. The lowest BCUT2D eigenvalue weighted by molar-refractivity contribution is -0.128. The summed E-state index contributed by atoms with van der Waals surface area (Å²) in [5.41, 5.74) is 0.319. The maximum Gasteiger partial charge on any atom is 0.296 e. The van der Waals surface area contributed by atoms with Crippen molar-refractivity contribution < 1.29 is 18.4 Å². The molecule has 0 fully saturated rings. The van der Waals surface area contributed by atoms with Crippen LogP contribution in [0.3, 0.4) is 0 Å². The molecule has 2 nitrogen and oxygen atoms in total. The Bertz CT molecular complexity index is 306. The van der Waals surface area contributed by atoms with Gasteiger partial charge in [-0.05, 0) is 11.4 Å². The number of hydrogen-bond donors (Lipinski definition) is 0. The van der Waals surface area contributed by atoms with Crippen LogP contribution in [0.15, 0.2) is 16.8 Å². The zero-order valence-electron chi connectivity index (χ0n) is 6.50. The quantitative estimate of drug-likeness (QED) is 0.556. The number of thiophene rings is 1. The van der Waals surface area contributed by atoms with Gasteiger partial charge < -0.3 is 0 Å². The predicted molar refractivity (Wildman–Crippen MR) is 44.3 cm³/mol. The second kappa shape index (κ2) is 4.23. The standard InChI is InChI=1S/C8H6F2O2S/c9-8(10)7(12)3-6(11)5-1-2-13-4-5/h1-2,4,8H,3H2. The monoisotopic (exact) mass is 204 g/mol. The first-order chi connectivity index (χ1) is 6.11. The number of halogens is 2. The highest BCUT2D eigenvalue weighted by molar-refractivity contribution is 7.08. The van der Waals surface area contributed by atoms with E-state index in [1.54, 1.807) is 5.38 Å². The Morgan fingerprint density at radius 2 is 2.15 bits per heavy atom. The summed E-state index contributed by atoms with van der Waals surface area (Å²) in [6, 6.07) is 1.51. The first-order valence-electron chi connectivity index (χ1n) is 3.47. The predicted octanol–water partition coefficient (Wildman–Crippen LogP) is 2.16. The number of ketones is 2. The average Bonchev–Trinajstić information content (AvgIpc) is 2.55. The van der Waals surface area contributed by atoms with E-state index in [2.05, 4.69) is 0 Å². The molecule has 1 rings (SSSR count). The van der Waals surface area contributed by atoms with Crippen molar-refractivity contribution in [3.8, 4) is 0 Å². The van der Waals surface area contributed by atoms with Gasteiger partial charge in [0.1, 0.15) is 0 Å². The molecule has 0 amide bonds. The molecule has 1 heterocycles. The molecule has 0 radical (unpaired) electrons. The summed E-state index contributed by atoms with van der Waals surface area (Å²) in [6.45, 7) is 0. The van der Waals surface area contributed by atoms with Crippen LogP contribution < -0.4 is 0 Å². The molecule has 1 aromatic heterocycles. The normalized spacial score (nSPS) is 10.4. The Morgan fingerprint density at radius 1 is 1.46 bits per heavy atom. The molecule has 13 heavy (non-hydrogen) atoms.